The third-order valence-electron chi connectivity index (χ3n) is 1.23. The first-order chi connectivity index (χ1) is 6.03. The van der Waals surface area contributed by atoms with E-state index in [4.69, 9.17) is 4.89 Å². The molecule has 3 atom stereocenters. The van der Waals surface area contributed by atoms with E-state index in [1.54, 1.807) is 0 Å². The van der Waals surface area contributed by atoms with Gasteiger partial charge in [-0.1, -0.05) is 0 Å². The number of hydrogen-bond donors (Lipinski definition) is 2. The van der Waals surface area contributed by atoms with E-state index < -0.39 is 39.0 Å². The van der Waals surface area contributed by atoms with Gasteiger partial charge in [0.05, 0.1) is 11.9 Å². The van der Waals surface area contributed by atoms with Crippen LogP contribution >= 0.6 is 15.0 Å². The van der Waals surface area contributed by atoms with Crippen molar-refractivity contribution in [2.75, 3.05) is 12.1 Å². The van der Waals surface area contributed by atoms with Crippen LogP contribution in [0.1, 0.15) is 0 Å². The van der Waals surface area contributed by atoms with Crippen LogP contribution in [0.4, 0.5) is 0 Å². The number of carboxylic acids is 1. The van der Waals surface area contributed by atoms with Crippen molar-refractivity contribution < 1.29 is 39.4 Å². The molecule has 0 aromatic rings. The molecule has 3 unspecified atom stereocenters. The summed E-state index contributed by atoms with van der Waals surface area (Å²) in [5, 5.41) is 10.1. The molecular weight excluding hydrogens is 236 g/mol. The normalized spacial score (nSPS) is 22.0. The minimum absolute atomic E-state index is 0.956. The van der Waals surface area contributed by atoms with Crippen molar-refractivity contribution in [3.63, 3.8) is 0 Å². The molecule has 14 heavy (non-hydrogen) atoms. The van der Waals surface area contributed by atoms with Gasteiger partial charge in [0.25, 0.3) is 0 Å². The largest absolute Gasteiger partial charge is 0.799 e. The van der Waals surface area contributed by atoms with Gasteiger partial charge in [-0.15, -0.1) is 0 Å². The molecule has 84 valence electrons. The molecular formula is C4H9NO7P2-2. The van der Waals surface area contributed by atoms with Crippen molar-refractivity contribution in [1.29, 1.82) is 0 Å². The maximum Gasteiger partial charge on any atom is 0.138 e. The van der Waals surface area contributed by atoms with Crippen molar-refractivity contribution in [2.24, 2.45) is 0 Å². The number of quaternary nitrogens is 1. The third-order valence-corrected chi connectivity index (χ3v) is 5.38. The van der Waals surface area contributed by atoms with Gasteiger partial charge in [0.15, 0.2) is 0 Å². The lowest BCUT2D eigenvalue weighted by Gasteiger charge is -2.29. The van der Waals surface area contributed by atoms with Gasteiger partial charge in [-0.3, -0.25) is 0 Å². The van der Waals surface area contributed by atoms with Crippen molar-refractivity contribution in [1.82, 2.24) is 0 Å². The quantitative estimate of drug-likeness (QED) is 0.459. The lowest BCUT2D eigenvalue weighted by Crippen LogP contribution is -2.70. The number of carbonyl (C=O) groups excluding carboxylic acids is 1. The van der Waals surface area contributed by atoms with Gasteiger partial charge < -0.3 is 39.4 Å². The Hall–Kier alpha value is -0.230. The minimum Gasteiger partial charge on any atom is -0.799 e. The molecule has 0 saturated heterocycles. The summed E-state index contributed by atoms with van der Waals surface area (Å²) in [6, 6.07) is -1.55. The topological polar surface area (TPSA) is 168 Å². The second-order valence-corrected chi connectivity index (χ2v) is 7.19. The maximum absolute atomic E-state index is 10.9. The van der Waals surface area contributed by atoms with Crippen molar-refractivity contribution in [3.8, 4) is 0 Å². The van der Waals surface area contributed by atoms with E-state index in [1.165, 1.54) is 0 Å². The second kappa shape index (κ2) is 4.53. The molecule has 0 aromatic carbocycles. The molecule has 0 bridgehead atoms. The molecule has 0 aromatic heterocycles. The summed E-state index contributed by atoms with van der Waals surface area (Å²) in [7, 11) is -9.42. The van der Waals surface area contributed by atoms with Crippen LogP contribution in [-0.2, 0) is 13.9 Å². The summed E-state index contributed by atoms with van der Waals surface area (Å²) in [6.07, 6.45) is -0.956. The highest BCUT2D eigenvalue weighted by molar-refractivity contribution is 7.71. The highest BCUT2D eigenvalue weighted by atomic mass is 31.2. The number of hydrogen-bond acceptors (Lipinski definition) is 6. The van der Waals surface area contributed by atoms with Crippen LogP contribution < -0.4 is 20.6 Å². The van der Waals surface area contributed by atoms with E-state index in [1.807, 2.05) is 0 Å². The second-order valence-electron chi connectivity index (χ2n) is 2.79. The Morgan fingerprint density at radius 1 is 1.43 bits per heavy atom. The zero-order valence-electron chi connectivity index (χ0n) is 6.99. The monoisotopic (exact) mass is 245 g/mol. The standard InChI is InChI=1S/C4H11NO7P2/c5-3(4(6)7)1-13(8,9)2-14(10,11)12/h3H,1-2,5H2,(H,6,7)(H,8,9)(H2,10,11,12)/p-2. The minimum atomic E-state index is -4.94. The molecule has 10 heteroatoms. The Balaban J connectivity index is 4.43. The highest BCUT2D eigenvalue weighted by Crippen LogP contribution is 2.49. The summed E-state index contributed by atoms with van der Waals surface area (Å²) in [5.41, 5.74) is 2.95. The van der Waals surface area contributed by atoms with Crippen molar-refractivity contribution >= 4 is 20.9 Å². The van der Waals surface area contributed by atoms with Gasteiger partial charge in [0.2, 0.25) is 0 Å². The van der Waals surface area contributed by atoms with Crippen LogP contribution in [0.3, 0.4) is 0 Å². The Morgan fingerprint density at radius 3 is 2.14 bits per heavy atom. The highest BCUT2D eigenvalue weighted by Gasteiger charge is 2.21. The van der Waals surface area contributed by atoms with E-state index in [0.29, 0.717) is 0 Å². The molecule has 0 aliphatic carbocycles. The number of carboxylic acid groups (broad SMARTS) is 1. The first-order valence-corrected chi connectivity index (χ1v) is 7.15. The fourth-order valence-corrected chi connectivity index (χ4v) is 4.20. The van der Waals surface area contributed by atoms with Crippen LogP contribution in [0.15, 0.2) is 0 Å². The molecule has 0 heterocycles. The van der Waals surface area contributed by atoms with Crippen molar-refractivity contribution in [2.45, 2.75) is 6.04 Å². The molecule has 0 aliphatic heterocycles. The number of rotatable bonds is 5. The maximum atomic E-state index is 10.9. The number of carbonyl (C=O) groups is 1. The lowest BCUT2D eigenvalue weighted by atomic mass is 10.4. The average Bonchev–Trinajstić information content (AvgIpc) is 1.78. The third kappa shape index (κ3) is 6.26. The van der Waals surface area contributed by atoms with Gasteiger partial charge in [0.1, 0.15) is 13.6 Å². The van der Waals surface area contributed by atoms with E-state index in [9.17, 15) is 28.8 Å². The van der Waals surface area contributed by atoms with E-state index in [2.05, 4.69) is 5.73 Å². The van der Waals surface area contributed by atoms with Crippen LogP contribution in [-0.4, -0.2) is 29.0 Å². The Morgan fingerprint density at radius 2 is 1.86 bits per heavy atom. The zero-order valence-corrected chi connectivity index (χ0v) is 8.78. The fourth-order valence-electron chi connectivity index (χ4n) is 0.740. The van der Waals surface area contributed by atoms with Gasteiger partial charge in [-0.25, -0.2) is 0 Å². The molecule has 0 radical (unpaired) electrons. The predicted molar refractivity (Wildman–Crippen MR) is 38.8 cm³/mol. The van der Waals surface area contributed by atoms with Crippen molar-refractivity contribution in [3.05, 3.63) is 0 Å². The smallest absolute Gasteiger partial charge is 0.138 e. The molecule has 0 aliphatic rings. The SMILES string of the molecule is [NH3+]C(CP(=O)([O-])CP(=O)([O-])O)C(=O)[O-]. The van der Waals surface area contributed by atoms with E-state index >= 15 is 0 Å². The molecule has 4 N–H and O–H groups in total. The zero-order chi connectivity index (χ0) is 11.6. The lowest BCUT2D eigenvalue weighted by molar-refractivity contribution is -0.432. The molecule has 0 saturated carbocycles. The molecule has 0 amide bonds. The van der Waals surface area contributed by atoms with Gasteiger partial charge >= 0.3 is 0 Å². The Labute approximate surface area is 79.4 Å². The Kier molecular flexibility index (Phi) is 4.45. The summed E-state index contributed by atoms with van der Waals surface area (Å²) < 4.78 is 21.2. The molecule has 0 spiro atoms. The fraction of sp³-hybridized carbons (Fsp3) is 0.750. The molecule has 0 fully saturated rings. The molecule has 0 rings (SSSR count). The van der Waals surface area contributed by atoms with Crippen LogP contribution in [0, 0.1) is 0 Å². The summed E-state index contributed by atoms with van der Waals surface area (Å²) in [5.74, 6) is -3.15. The van der Waals surface area contributed by atoms with Crippen LogP contribution in [0.2, 0.25) is 0 Å². The number of aliphatic carboxylic acids is 1. The summed E-state index contributed by atoms with van der Waals surface area (Å²) in [4.78, 5) is 39.5. The average molecular weight is 245 g/mol. The van der Waals surface area contributed by atoms with Gasteiger partial charge in [-0.2, -0.15) is 0 Å². The first kappa shape index (κ1) is 13.8. The van der Waals surface area contributed by atoms with Gasteiger partial charge in [-0.05, 0) is 0 Å². The summed E-state index contributed by atoms with van der Waals surface area (Å²) >= 11 is 0. The van der Waals surface area contributed by atoms with Crippen LogP contribution in [0.25, 0.3) is 0 Å². The van der Waals surface area contributed by atoms with E-state index in [0.717, 1.165) is 0 Å². The van der Waals surface area contributed by atoms with E-state index in [-0.39, 0.29) is 0 Å². The van der Waals surface area contributed by atoms with Gasteiger partial charge in [0, 0.05) is 13.5 Å². The first-order valence-electron chi connectivity index (χ1n) is 3.39. The molecule has 8 nitrogen and oxygen atoms in total. The van der Waals surface area contributed by atoms with Crippen LogP contribution in [0.5, 0.6) is 0 Å². The summed E-state index contributed by atoms with van der Waals surface area (Å²) in [6.45, 7) is 0. The Bertz CT molecular complexity index is 309. The predicted octanol–water partition coefficient (Wildman–Crippen LogP) is -4.51.